The summed E-state index contributed by atoms with van der Waals surface area (Å²) < 4.78 is 28.3. The second-order valence-electron chi connectivity index (χ2n) is 9.24. The molecule has 0 bridgehead atoms. The van der Waals surface area contributed by atoms with Crippen molar-refractivity contribution < 1.29 is 13.2 Å². The fourth-order valence-corrected chi connectivity index (χ4v) is 6.71. The molecule has 38 heavy (non-hydrogen) atoms. The van der Waals surface area contributed by atoms with E-state index in [4.69, 9.17) is 0 Å². The van der Waals surface area contributed by atoms with Crippen molar-refractivity contribution >= 4 is 49.5 Å². The van der Waals surface area contributed by atoms with Crippen LogP contribution in [-0.2, 0) is 10.0 Å². The van der Waals surface area contributed by atoms with E-state index in [1.807, 2.05) is 29.0 Å². The Kier molecular flexibility index (Phi) is 7.50. The van der Waals surface area contributed by atoms with Gasteiger partial charge in [-0.05, 0) is 98.9 Å². The fourth-order valence-electron chi connectivity index (χ4n) is 4.52. The molecule has 3 N–H and O–H groups in total. The highest BCUT2D eigenvalue weighted by Gasteiger charge is 2.19. The van der Waals surface area contributed by atoms with Crippen LogP contribution in [0.15, 0.2) is 75.9 Å². The van der Waals surface area contributed by atoms with Crippen LogP contribution >= 0.6 is 11.3 Å². The third kappa shape index (κ3) is 5.90. The second-order valence-corrected chi connectivity index (χ2v) is 12.4. The molecule has 0 spiro atoms. The first-order chi connectivity index (χ1) is 18.3. The first kappa shape index (κ1) is 26.0. The molecule has 4 aromatic rings. The number of thiophene rings is 1. The standard InChI is InChI=1S/C27H29N5O4S2/c1-19-4-11-25(37-19)38(35,36)30-27(34)29-21-5-8-23(9-6-21)32-16-12-20-18-22(7-10-24(20)26(32)33)28-13-17-31-14-2-3-15-31/h4-12,16,18,28H,2-3,13-15,17H2,1H3,(H2,29,30,34). The topological polar surface area (TPSA) is 113 Å². The zero-order valence-corrected chi connectivity index (χ0v) is 22.6. The van der Waals surface area contributed by atoms with E-state index in [-0.39, 0.29) is 9.77 Å². The summed E-state index contributed by atoms with van der Waals surface area (Å²) >= 11 is 1.09. The van der Waals surface area contributed by atoms with Crippen LogP contribution in [0.4, 0.5) is 16.2 Å². The Morgan fingerprint density at radius 1 is 0.974 bits per heavy atom. The van der Waals surface area contributed by atoms with Gasteiger partial charge in [-0.3, -0.25) is 9.36 Å². The van der Waals surface area contributed by atoms with Crippen LogP contribution in [0.2, 0.25) is 0 Å². The van der Waals surface area contributed by atoms with Gasteiger partial charge in [-0.25, -0.2) is 17.9 Å². The number of nitrogens with one attached hydrogen (secondary N) is 3. The number of hydrogen-bond acceptors (Lipinski definition) is 7. The molecule has 5 rings (SSSR count). The maximum Gasteiger partial charge on any atom is 0.333 e. The number of fused-ring (bicyclic) bond motifs is 1. The summed E-state index contributed by atoms with van der Waals surface area (Å²) in [4.78, 5) is 28.7. The molecule has 2 amide bonds. The summed E-state index contributed by atoms with van der Waals surface area (Å²) in [7, 11) is -3.94. The Labute approximate surface area is 225 Å². The molecule has 1 aliphatic rings. The number of hydrogen-bond donors (Lipinski definition) is 3. The van der Waals surface area contributed by atoms with Gasteiger partial charge in [-0.2, -0.15) is 0 Å². The predicted molar refractivity (Wildman–Crippen MR) is 152 cm³/mol. The molecule has 0 atom stereocenters. The monoisotopic (exact) mass is 551 g/mol. The maximum absolute atomic E-state index is 13.2. The van der Waals surface area contributed by atoms with E-state index in [9.17, 15) is 18.0 Å². The minimum atomic E-state index is -3.94. The van der Waals surface area contributed by atoms with Gasteiger partial charge < -0.3 is 15.5 Å². The normalized spacial score (nSPS) is 14.0. The predicted octanol–water partition coefficient (Wildman–Crippen LogP) is 4.38. The van der Waals surface area contributed by atoms with E-state index < -0.39 is 16.1 Å². The highest BCUT2D eigenvalue weighted by Crippen LogP contribution is 2.21. The number of carbonyl (C=O) groups is 1. The number of aromatic nitrogens is 1. The largest absolute Gasteiger partial charge is 0.384 e. The summed E-state index contributed by atoms with van der Waals surface area (Å²) in [6.45, 7) is 6.00. The summed E-state index contributed by atoms with van der Waals surface area (Å²) in [6, 6.07) is 16.5. The van der Waals surface area contributed by atoms with Gasteiger partial charge >= 0.3 is 6.03 Å². The Hall–Kier alpha value is -3.67. The van der Waals surface area contributed by atoms with Gasteiger partial charge in [0.25, 0.3) is 15.6 Å². The van der Waals surface area contributed by atoms with Crippen LogP contribution in [0.25, 0.3) is 16.5 Å². The minimum Gasteiger partial charge on any atom is -0.384 e. The molecule has 0 aliphatic carbocycles. The Balaban J connectivity index is 1.24. The molecular weight excluding hydrogens is 522 g/mol. The number of urea groups is 1. The zero-order chi connectivity index (χ0) is 26.7. The van der Waals surface area contributed by atoms with Crippen LogP contribution in [-0.4, -0.2) is 50.1 Å². The average Bonchev–Trinajstić information content (AvgIpc) is 3.57. The highest BCUT2D eigenvalue weighted by atomic mass is 32.2. The first-order valence-electron chi connectivity index (χ1n) is 12.4. The van der Waals surface area contributed by atoms with Gasteiger partial charge in [-0.1, -0.05) is 0 Å². The van der Waals surface area contributed by atoms with Gasteiger partial charge in [0.05, 0.1) is 0 Å². The third-order valence-corrected chi connectivity index (χ3v) is 9.29. The number of carbonyl (C=O) groups excluding carboxylic acids is 1. The quantitative estimate of drug-likeness (QED) is 0.300. The Morgan fingerprint density at radius 3 is 2.42 bits per heavy atom. The summed E-state index contributed by atoms with van der Waals surface area (Å²) in [6.07, 6.45) is 4.27. The summed E-state index contributed by atoms with van der Waals surface area (Å²) in [5, 5.41) is 7.43. The third-order valence-electron chi connectivity index (χ3n) is 6.47. The van der Waals surface area contributed by atoms with Crippen LogP contribution in [0, 0.1) is 6.92 Å². The number of benzene rings is 2. The van der Waals surface area contributed by atoms with Crippen molar-refractivity contribution in [3.63, 3.8) is 0 Å². The van der Waals surface area contributed by atoms with Crippen LogP contribution in [0.5, 0.6) is 0 Å². The molecule has 9 nitrogen and oxygen atoms in total. The average molecular weight is 552 g/mol. The lowest BCUT2D eigenvalue weighted by Crippen LogP contribution is -2.33. The van der Waals surface area contributed by atoms with Gasteiger partial charge in [0.15, 0.2) is 0 Å². The highest BCUT2D eigenvalue weighted by molar-refractivity contribution is 7.92. The van der Waals surface area contributed by atoms with Crippen LogP contribution in [0.1, 0.15) is 17.7 Å². The smallest absolute Gasteiger partial charge is 0.333 e. The molecule has 0 saturated carbocycles. The van der Waals surface area contributed by atoms with E-state index in [1.165, 1.54) is 36.6 Å². The Bertz CT molecular complexity index is 1620. The first-order valence-corrected chi connectivity index (χ1v) is 14.7. The van der Waals surface area contributed by atoms with Gasteiger partial charge in [0, 0.05) is 46.6 Å². The van der Waals surface area contributed by atoms with E-state index in [0.717, 1.165) is 40.4 Å². The lowest BCUT2D eigenvalue weighted by Gasteiger charge is -2.15. The number of nitrogens with zero attached hydrogens (tertiary/aromatic N) is 2. The minimum absolute atomic E-state index is 0.0705. The number of sulfonamides is 1. The molecule has 198 valence electrons. The summed E-state index contributed by atoms with van der Waals surface area (Å²) in [5.74, 6) is 0. The van der Waals surface area contributed by atoms with Gasteiger partial charge in [-0.15, -0.1) is 11.3 Å². The molecule has 0 unspecified atom stereocenters. The number of amides is 2. The van der Waals surface area contributed by atoms with Crippen molar-refractivity contribution in [2.75, 3.05) is 36.8 Å². The van der Waals surface area contributed by atoms with Crippen molar-refractivity contribution in [3.05, 3.63) is 82.1 Å². The number of anilines is 2. The van der Waals surface area contributed by atoms with Crippen molar-refractivity contribution in [2.45, 2.75) is 24.0 Å². The van der Waals surface area contributed by atoms with E-state index >= 15 is 0 Å². The van der Waals surface area contributed by atoms with Crippen LogP contribution < -0.4 is 20.9 Å². The van der Waals surface area contributed by atoms with Crippen molar-refractivity contribution in [1.82, 2.24) is 14.2 Å². The lowest BCUT2D eigenvalue weighted by molar-refractivity contribution is 0.256. The summed E-state index contributed by atoms with van der Waals surface area (Å²) in [5.41, 5.74) is 1.85. The van der Waals surface area contributed by atoms with Crippen molar-refractivity contribution in [2.24, 2.45) is 0 Å². The van der Waals surface area contributed by atoms with E-state index in [1.54, 1.807) is 43.5 Å². The zero-order valence-electron chi connectivity index (χ0n) is 20.9. The molecule has 2 aromatic carbocycles. The molecule has 11 heteroatoms. The molecule has 2 aromatic heterocycles. The molecule has 1 fully saturated rings. The Morgan fingerprint density at radius 2 is 1.71 bits per heavy atom. The van der Waals surface area contributed by atoms with Gasteiger partial charge in [0.2, 0.25) is 0 Å². The van der Waals surface area contributed by atoms with E-state index in [0.29, 0.717) is 16.8 Å². The number of aryl methyl sites for hydroxylation is 1. The van der Waals surface area contributed by atoms with Crippen molar-refractivity contribution in [1.29, 1.82) is 0 Å². The molecule has 1 saturated heterocycles. The second kappa shape index (κ2) is 11.0. The lowest BCUT2D eigenvalue weighted by atomic mass is 10.1. The van der Waals surface area contributed by atoms with Gasteiger partial charge in [0.1, 0.15) is 4.21 Å². The van der Waals surface area contributed by atoms with Crippen molar-refractivity contribution in [3.8, 4) is 5.69 Å². The number of rotatable bonds is 8. The fraction of sp³-hybridized carbons (Fsp3) is 0.259. The molecule has 0 radical (unpaired) electrons. The van der Waals surface area contributed by atoms with E-state index in [2.05, 4.69) is 15.5 Å². The SMILES string of the molecule is Cc1ccc(S(=O)(=O)NC(=O)Nc2ccc(-n3ccc4cc(NCCN5CCCC5)ccc4c3=O)cc2)s1. The van der Waals surface area contributed by atoms with Crippen LogP contribution in [0.3, 0.4) is 0 Å². The maximum atomic E-state index is 13.2. The number of likely N-dealkylation sites (tertiary alicyclic amines) is 1. The number of pyridine rings is 1. The molecular formula is C27H29N5O4S2. The molecule has 1 aliphatic heterocycles. The molecule has 3 heterocycles.